The Morgan fingerprint density at radius 2 is 0.923 bits per heavy atom. The van der Waals surface area contributed by atoms with Gasteiger partial charge in [0, 0.05) is 27.6 Å². The van der Waals surface area contributed by atoms with Crippen molar-refractivity contribution >= 4 is 38.9 Å². The predicted octanol–water partition coefficient (Wildman–Crippen LogP) is 13.9. The molecule has 0 atom stereocenters. The topological polar surface area (TPSA) is 8.17 Å². The zero-order valence-corrected chi connectivity index (χ0v) is 29.4. The molecule has 0 spiro atoms. The maximum absolute atomic E-state index is 2.48. The molecular weight excluding hydrogens is 629 g/mol. The van der Waals surface area contributed by atoms with Crippen LogP contribution in [0.2, 0.25) is 0 Å². The van der Waals surface area contributed by atoms with Gasteiger partial charge in [-0.05, 0) is 78.1 Å². The van der Waals surface area contributed by atoms with Crippen LogP contribution in [0.25, 0.3) is 60.9 Å². The fraction of sp³-hybridized carbons (Fsp3) is 0.0400. The van der Waals surface area contributed by atoms with Gasteiger partial charge in [0.1, 0.15) is 0 Å². The Morgan fingerprint density at radius 3 is 1.69 bits per heavy atom. The highest BCUT2D eigenvalue weighted by molar-refractivity contribution is 6.17. The molecule has 9 rings (SSSR count). The van der Waals surface area contributed by atoms with Crippen LogP contribution in [-0.4, -0.2) is 4.57 Å². The predicted molar refractivity (Wildman–Crippen MR) is 221 cm³/mol. The van der Waals surface area contributed by atoms with Crippen molar-refractivity contribution in [3.63, 3.8) is 0 Å². The highest BCUT2D eigenvalue weighted by Gasteiger charge is 2.24. The average Bonchev–Trinajstić information content (AvgIpc) is 3.54. The molecule has 8 aromatic carbocycles. The van der Waals surface area contributed by atoms with Gasteiger partial charge >= 0.3 is 0 Å². The van der Waals surface area contributed by atoms with Crippen LogP contribution in [-0.2, 0) is 0 Å². The van der Waals surface area contributed by atoms with Crippen molar-refractivity contribution in [2.45, 2.75) is 13.8 Å². The minimum Gasteiger partial charge on any atom is -0.309 e. The van der Waals surface area contributed by atoms with E-state index in [0.29, 0.717) is 0 Å². The first-order chi connectivity index (χ1) is 25.7. The summed E-state index contributed by atoms with van der Waals surface area (Å²) in [6.45, 7) is 4.38. The normalized spacial score (nSPS) is 11.3. The van der Waals surface area contributed by atoms with Crippen molar-refractivity contribution in [1.29, 1.82) is 0 Å². The van der Waals surface area contributed by atoms with Crippen LogP contribution in [0.15, 0.2) is 194 Å². The second kappa shape index (κ2) is 13.2. The third kappa shape index (κ3) is 5.46. The number of aromatic nitrogens is 1. The summed E-state index contributed by atoms with van der Waals surface area (Å²) < 4.78 is 2.48. The van der Waals surface area contributed by atoms with E-state index in [4.69, 9.17) is 0 Å². The van der Waals surface area contributed by atoms with Gasteiger partial charge in [-0.15, -0.1) is 0 Å². The Labute approximate surface area is 305 Å². The number of rotatable bonds is 7. The van der Waals surface area contributed by atoms with Crippen LogP contribution >= 0.6 is 0 Å². The summed E-state index contributed by atoms with van der Waals surface area (Å²) in [5.74, 6) is 0. The Bertz CT molecular complexity index is 2670. The van der Waals surface area contributed by atoms with E-state index < -0.39 is 0 Å². The highest BCUT2D eigenvalue weighted by Crippen LogP contribution is 2.47. The Morgan fingerprint density at radius 1 is 0.385 bits per heavy atom. The standard InChI is InChI=1S/C50H38N2/c1-35-27-29-40(30-28-35)43-22-13-15-36(2)50(43)52-46-24-12-10-21-44(46)49-47(25-14-26-48(49)52)51(41-33-31-38(32-34-41)37-16-5-3-6-17-37)45-23-11-9-20-42(45)39-18-7-4-8-19-39/h3-34H,1-2H3. The van der Waals surface area contributed by atoms with Crippen LogP contribution in [0.4, 0.5) is 17.1 Å². The van der Waals surface area contributed by atoms with Crippen LogP contribution in [0, 0.1) is 13.8 Å². The zero-order chi connectivity index (χ0) is 35.0. The molecule has 0 unspecified atom stereocenters. The smallest absolute Gasteiger partial charge is 0.0569 e. The molecule has 0 N–H and O–H groups in total. The Balaban J connectivity index is 1.33. The molecule has 0 aliphatic carbocycles. The Hall–Kier alpha value is -6.64. The van der Waals surface area contributed by atoms with Gasteiger partial charge in [-0.25, -0.2) is 0 Å². The second-order valence-corrected chi connectivity index (χ2v) is 13.5. The average molecular weight is 667 g/mol. The molecule has 52 heavy (non-hydrogen) atoms. The molecule has 2 nitrogen and oxygen atoms in total. The first-order valence-corrected chi connectivity index (χ1v) is 17.9. The second-order valence-electron chi connectivity index (χ2n) is 13.5. The number of aryl methyl sites for hydroxylation is 2. The van der Waals surface area contributed by atoms with Crippen molar-refractivity contribution in [3.8, 4) is 39.1 Å². The van der Waals surface area contributed by atoms with E-state index in [0.717, 1.165) is 17.1 Å². The van der Waals surface area contributed by atoms with E-state index in [9.17, 15) is 0 Å². The first-order valence-electron chi connectivity index (χ1n) is 17.9. The molecule has 248 valence electrons. The third-order valence-electron chi connectivity index (χ3n) is 10.2. The summed E-state index contributed by atoms with van der Waals surface area (Å²) in [6.07, 6.45) is 0. The van der Waals surface area contributed by atoms with Crippen molar-refractivity contribution in [2.75, 3.05) is 4.90 Å². The van der Waals surface area contributed by atoms with Crippen LogP contribution < -0.4 is 4.90 Å². The molecule has 0 aliphatic heterocycles. The van der Waals surface area contributed by atoms with Gasteiger partial charge in [0.15, 0.2) is 0 Å². The molecule has 0 saturated heterocycles. The minimum atomic E-state index is 1.10. The van der Waals surface area contributed by atoms with Crippen molar-refractivity contribution in [2.24, 2.45) is 0 Å². The largest absolute Gasteiger partial charge is 0.309 e. The molecule has 0 saturated carbocycles. The molecule has 9 aromatic rings. The minimum absolute atomic E-state index is 1.10. The SMILES string of the molecule is Cc1ccc(-c2cccc(C)c2-n2c3ccccc3c3c(N(c4ccc(-c5ccccc5)cc4)c4ccccc4-c4ccccc4)cccc32)cc1. The maximum Gasteiger partial charge on any atom is 0.0569 e. The van der Waals surface area contributed by atoms with Crippen molar-refractivity contribution in [3.05, 3.63) is 205 Å². The van der Waals surface area contributed by atoms with Crippen molar-refractivity contribution in [1.82, 2.24) is 4.57 Å². The first kappa shape index (κ1) is 31.3. The van der Waals surface area contributed by atoms with E-state index in [1.54, 1.807) is 0 Å². The van der Waals surface area contributed by atoms with Gasteiger partial charge in [0.2, 0.25) is 0 Å². The molecular formula is C50H38N2. The van der Waals surface area contributed by atoms with Gasteiger partial charge in [0.05, 0.1) is 28.1 Å². The monoisotopic (exact) mass is 666 g/mol. The maximum atomic E-state index is 2.48. The van der Waals surface area contributed by atoms with E-state index in [1.165, 1.54) is 72.0 Å². The summed E-state index contributed by atoms with van der Waals surface area (Å²) in [4.78, 5) is 2.45. The van der Waals surface area contributed by atoms with E-state index >= 15 is 0 Å². The fourth-order valence-electron chi connectivity index (χ4n) is 7.72. The molecule has 0 amide bonds. The highest BCUT2D eigenvalue weighted by atomic mass is 15.2. The molecule has 0 bridgehead atoms. The quantitative estimate of drug-likeness (QED) is 0.164. The summed E-state index contributed by atoms with van der Waals surface area (Å²) in [5, 5.41) is 2.43. The lowest BCUT2D eigenvalue weighted by molar-refractivity contribution is 1.15. The van der Waals surface area contributed by atoms with Gasteiger partial charge in [-0.3, -0.25) is 0 Å². The number of benzene rings is 8. The zero-order valence-electron chi connectivity index (χ0n) is 29.4. The number of hydrogen-bond acceptors (Lipinski definition) is 1. The lowest BCUT2D eigenvalue weighted by Crippen LogP contribution is -2.11. The van der Waals surface area contributed by atoms with E-state index in [-0.39, 0.29) is 0 Å². The van der Waals surface area contributed by atoms with E-state index in [2.05, 4.69) is 217 Å². The number of anilines is 3. The van der Waals surface area contributed by atoms with E-state index in [1.807, 2.05) is 0 Å². The summed E-state index contributed by atoms with van der Waals surface area (Å²) in [7, 11) is 0. The molecule has 0 aliphatic rings. The molecule has 0 fully saturated rings. The lowest BCUT2D eigenvalue weighted by Gasteiger charge is -2.29. The lowest BCUT2D eigenvalue weighted by atomic mass is 9.99. The summed E-state index contributed by atoms with van der Waals surface area (Å²) in [6, 6.07) is 70.3. The molecule has 2 heteroatoms. The summed E-state index contributed by atoms with van der Waals surface area (Å²) in [5.41, 5.74) is 16.6. The van der Waals surface area contributed by atoms with Crippen LogP contribution in [0.5, 0.6) is 0 Å². The Kier molecular flexibility index (Phi) is 7.98. The number of hydrogen-bond donors (Lipinski definition) is 0. The fourth-order valence-corrected chi connectivity index (χ4v) is 7.72. The molecule has 0 radical (unpaired) electrons. The molecule has 1 heterocycles. The van der Waals surface area contributed by atoms with Gasteiger partial charge in [-0.2, -0.15) is 0 Å². The van der Waals surface area contributed by atoms with Gasteiger partial charge in [-0.1, -0.05) is 163 Å². The van der Waals surface area contributed by atoms with Crippen molar-refractivity contribution < 1.29 is 0 Å². The number of para-hydroxylation sites is 3. The number of fused-ring (bicyclic) bond motifs is 3. The molecule has 1 aromatic heterocycles. The van der Waals surface area contributed by atoms with Gasteiger partial charge < -0.3 is 9.47 Å². The number of nitrogens with zero attached hydrogens (tertiary/aromatic N) is 2. The summed E-state index contributed by atoms with van der Waals surface area (Å²) >= 11 is 0. The third-order valence-corrected chi connectivity index (χ3v) is 10.2. The van der Waals surface area contributed by atoms with Gasteiger partial charge in [0.25, 0.3) is 0 Å². The van der Waals surface area contributed by atoms with Crippen LogP contribution in [0.3, 0.4) is 0 Å². The van der Waals surface area contributed by atoms with Crippen LogP contribution in [0.1, 0.15) is 11.1 Å².